The Morgan fingerprint density at radius 3 is 2.50 bits per heavy atom. The molecule has 2 fully saturated rings. The third kappa shape index (κ3) is 6.33. The van der Waals surface area contributed by atoms with Crippen LogP contribution in [0.25, 0.3) is 10.9 Å². The fourth-order valence-electron chi connectivity index (χ4n) is 6.38. The number of halogens is 1. The summed E-state index contributed by atoms with van der Waals surface area (Å²) in [7, 11) is 0. The molecule has 1 heterocycles. The van der Waals surface area contributed by atoms with E-state index in [2.05, 4.69) is 71.5 Å². The highest BCUT2D eigenvalue weighted by molar-refractivity contribution is 5.87. The molecule has 2 saturated carbocycles. The monoisotopic (exact) mass is 507 g/mol. The Balaban J connectivity index is 0.00000304. The van der Waals surface area contributed by atoms with E-state index in [1.165, 1.54) is 59.7 Å². The molecule has 4 nitrogen and oxygen atoms in total. The molecular formula is C31H42ClN3O. The van der Waals surface area contributed by atoms with Crippen molar-refractivity contribution < 1.29 is 4.79 Å². The van der Waals surface area contributed by atoms with Crippen LogP contribution >= 0.6 is 12.4 Å². The molecule has 1 amide bonds. The number of rotatable bonds is 7. The molecule has 0 saturated heterocycles. The van der Waals surface area contributed by atoms with E-state index in [0.29, 0.717) is 12.5 Å². The van der Waals surface area contributed by atoms with Gasteiger partial charge < -0.3 is 15.6 Å². The van der Waals surface area contributed by atoms with Crippen LogP contribution in [-0.2, 0) is 11.3 Å². The van der Waals surface area contributed by atoms with E-state index in [1.54, 1.807) is 0 Å². The lowest BCUT2D eigenvalue weighted by molar-refractivity contribution is -0.122. The largest absolute Gasteiger partial charge is 0.353 e. The van der Waals surface area contributed by atoms with Crippen molar-refractivity contribution in [2.45, 2.75) is 95.7 Å². The second kappa shape index (κ2) is 12.3. The van der Waals surface area contributed by atoms with Gasteiger partial charge in [0.1, 0.15) is 0 Å². The molecule has 1 aromatic heterocycles. The summed E-state index contributed by atoms with van der Waals surface area (Å²) in [6.07, 6.45) is 13.6. The van der Waals surface area contributed by atoms with Crippen molar-refractivity contribution in [1.29, 1.82) is 0 Å². The minimum Gasteiger partial charge on any atom is -0.353 e. The minimum atomic E-state index is 0. The van der Waals surface area contributed by atoms with Crippen molar-refractivity contribution in [3.05, 3.63) is 71.4 Å². The van der Waals surface area contributed by atoms with E-state index < -0.39 is 0 Å². The van der Waals surface area contributed by atoms with Crippen molar-refractivity contribution in [2.24, 2.45) is 11.7 Å². The van der Waals surface area contributed by atoms with Gasteiger partial charge in [-0.3, -0.25) is 4.79 Å². The molecule has 0 bridgehead atoms. The smallest absolute Gasteiger partial charge is 0.221 e. The summed E-state index contributed by atoms with van der Waals surface area (Å²) in [6.45, 7) is 3.22. The molecule has 0 aliphatic heterocycles. The number of amides is 1. The van der Waals surface area contributed by atoms with Crippen molar-refractivity contribution in [3.63, 3.8) is 0 Å². The van der Waals surface area contributed by atoms with E-state index in [-0.39, 0.29) is 30.3 Å². The van der Waals surface area contributed by atoms with E-state index >= 15 is 0 Å². The molecule has 194 valence electrons. The van der Waals surface area contributed by atoms with Gasteiger partial charge >= 0.3 is 0 Å². The number of benzene rings is 2. The lowest BCUT2D eigenvalue weighted by atomic mass is 9.86. The third-order valence-electron chi connectivity index (χ3n) is 8.35. The van der Waals surface area contributed by atoms with Gasteiger partial charge in [-0.1, -0.05) is 67.3 Å². The lowest BCUT2D eigenvalue weighted by Gasteiger charge is -2.27. The van der Waals surface area contributed by atoms with Crippen molar-refractivity contribution in [1.82, 2.24) is 9.88 Å². The summed E-state index contributed by atoms with van der Waals surface area (Å²) < 4.78 is 2.48. The zero-order valence-corrected chi connectivity index (χ0v) is 22.4. The van der Waals surface area contributed by atoms with Gasteiger partial charge in [-0.2, -0.15) is 0 Å². The Hall–Kier alpha value is -2.30. The van der Waals surface area contributed by atoms with Crippen LogP contribution in [0.3, 0.4) is 0 Å². The third-order valence-corrected chi connectivity index (χ3v) is 8.35. The van der Waals surface area contributed by atoms with E-state index in [9.17, 15) is 4.79 Å². The summed E-state index contributed by atoms with van der Waals surface area (Å²) in [6, 6.07) is 18.0. The maximum absolute atomic E-state index is 13.3. The number of nitrogens with zero attached hydrogens (tertiary/aromatic N) is 1. The number of hydrogen-bond donors (Lipinski definition) is 2. The number of aryl methyl sites for hydroxylation is 1. The van der Waals surface area contributed by atoms with Crippen LogP contribution in [0.1, 0.15) is 86.8 Å². The quantitative estimate of drug-likeness (QED) is 0.367. The SMILES string of the molecule is Cc1cccc(C(CC(=O)N[C@H]2CC[C@@H](N)CC2)c2cn(CC3CCCCC3)c3ccccc23)c1.Cl. The fraction of sp³-hybridized carbons (Fsp3) is 0.516. The molecule has 1 unspecified atom stereocenters. The fourth-order valence-corrected chi connectivity index (χ4v) is 6.38. The molecule has 2 aliphatic carbocycles. The average molecular weight is 508 g/mol. The summed E-state index contributed by atoms with van der Waals surface area (Å²) in [5.41, 5.74) is 11.1. The van der Waals surface area contributed by atoms with Crippen molar-refractivity contribution in [2.75, 3.05) is 0 Å². The second-order valence-electron chi connectivity index (χ2n) is 11.1. The van der Waals surface area contributed by atoms with Crippen LogP contribution in [-0.4, -0.2) is 22.6 Å². The summed E-state index contributed by atoms with van der Waals surface area (Å²) in [5, 5.41) is 4.63. The molecule has 0 radical (unpaired) electrons. The van der Waals surface area contributed by atoms with E-state index in [4.69, 9.17) is 5.73 Å². The van der Waals surface area contributed by atoms with Crippen molar-refractivity contribution in [3.8, 4) is 0 Å². The highest BCUT2D eigenvalue weighted by Gasteiger charge is 2.26. The van der Waals surface area contributed by atoms with Gasteiger partial charge in [-0.05, 0) is 68.6 Å². The van der Waals surface area contributed by atoms with Gasteiger partial charge in [0.2, 0.25) is 5.91 Å². The number of carbonyl (C=O) groups excluding carboxylic acids is 1. The number of para-hydroxylation sites is 1. The number of fused-ring (bicyclic) bond motifs is 1. The van der Waals surface area contributed by atoms with Crippen LogP contribution in [0.2, 0.25) is 0 Å². The number of nitrogens with two attached hydrogens (primary N) is 1. The first-order valence-electron chi connectivity index (χ1n) is 13.8. The Kier molecular flexibility index (Phi) is 9.14. The molecule has 2 aliphatic rings. The normalized spacial score (nSPS) is 21.6. The second-order valence-corrected chi connectivity index (χ2v) is 11.1. The zero-order valence-electron chi connectivity index (χ0n) is 21.6. The predicted octanol–water partition coefficient (Wildman–Crippen LogP) is 6.86. The van der Waals surface area contributed by atoms with Crippen LogP contribution in [0.4, 0.5) is 0 Å². The number of nitrogens with one attached hydrogen (secondary N) is 1. The van der Waals surface area contributed by atoms with Gasteiger partial charge in [-0.15, -0.1) is 12.4 Å². The molecule has 5 heteroatoms. The molecule has 3 N–H and O–H groups in total. The molecule has 2 aromatic carbocycles. The minimum absolute atomic E-state index is 0. The first kappa shape index (κ1) is 26.8. The molecule has 0 spiro atoms. The summed E-state index contributed by atoms with van der Waals surface area (Å²) in [4.78, 5) is 13.3. The van der Waals surface area contributed by atoms with Gasteiger partial charge in [0.15, 0.2) is 0 Å². The summed E-state index contributed by atoms with van der Waals surface area (Å²) in [5.74, 6) is 0.949. The molecule has 5 rings (SSSR count). The van der Waals surface area contributed by atoms with Crippen LogP contribution in [0.15, 0.2) is 54.7 Å². The van der Waals surface area contributed by atoms with Crippen LogP contribution in [0, 0.1) is 12.8 Å². The highest BCUT2D eigenvalue weighted by atomic mass is 35.5. The standard InChI is InChI=1S/C31H41N3O.ClH/c1-22-8-7-11-24(18-22)28(19-31(35)33-26-16-14-25(32)15-17-26)29-21-34(20-23-9-3-2-4-10-23)30-13-6-5-12-27(29)30;/h5-8,11-13,18,21,23,25-26,28H,2-4,9-10,14-17,19-20,32H2,1H3,(H,33,35);1H/t25-,26+,28?;. The van der Waals surface area contributed by atoms with E-state index in [1.807, 2.05) is 0 Å². The van der Waals surface area contributed by atoms with Crippen molar-refractivity contribution >= 4 is 29.2 Å². The number of carbonyl (C=O) groups is 1. The van der Waals surface area contributed by atoms with Gasteiger partial charge in [0.25, 0.3) is 0 Å². The van der Waals surface area contributed by atoms with E-state index in [0.717, 1.165) is 38.1 Å². The lowest BCUT2D eigenvalue weighted by Crippen LogP contribution is -2.40. The Labute approximate surface area is 222 Å². The topological polar surface area (TPSA) is 60.1 Å². The molecular weight excluding hydrogens is 466 g/mol. The number of aromatic nitrogens is 1. The van der Waals surface area contributed by atoms with Gasteiger partial charge in [0.05, 0.1) is 0 Å². The maximum Gasteiger partial charge on any atom is 0.221 e. The number of hydrogen-bond acceptors (Lipinski definition) is 2. The van der Waals surface area contributed by atoms with Gasteiger partial charge in [-0.25, -0.2) is 0 Å². The van der Waals surface area contributed by atoms with Crippen LogP contribution < -0.4 is 11.1 Å². The average Bonchev–Trinajstić information content (AvgIpc) is 3.23. The zero-order chi connectivity index (χ0) is 24.2. The Morgan fingerprint density at radius 2 is 1.75 bits per heavy atom. The molecule has 3 aromatic rings. The Bertz CT molecular complexity index is 1140. The predicted molar refractivity (Wildman–Crippen MR) is 152 cm³/mol. The maximum atomic E-state index is 13.3. The highest BCUT2D eigenvalue weighted by Crippen LogP contribution is 2.36. The molecule has 1 atom stereocenters. The first-order valence-corrected chi connectivity index (χ1v) is 13.8. The summed E-state index contributed by atoms with van der Waals surface area (Å²) >= 11 is 0. The first-order chi connectivity index (χ1) is 17.1. The Morgan fingerprint density at radius 1 is 1.00 bits per heavy atom. The van der Waals surface area contributed by atoms with Gasteiger partial charge in [0, 0.05) is 48.1 Å². The van der Waals surface area contributed by atoms with Crippen LogP contribution in [0.5, 0.6) is 0 Å². The molecule has 36 heavy (non-hydrogen) atoms.